The molecule has 8 heteroatoms. The molecule has 1 amide bonds. The summed E-state index contributed by atoms with van der Waals surface area (Å²) in [5.74, 6) is 0.834. The number of aryl methyl sites for hydroxylation is 1. The summed E-state index contributed by atoms with van der Waals surface area (Å²) in [5.41, 5.74) is 1.97. The predicted molar refractivity (Wildman–Crippen MR) is 98.8 cm³/mol. The maximum atomic E-state index is 12.2. The van der Waals surface area contributed by atoms with E-state index in [2.05, 4.69) is 32.4 Å². The van der Waals surface area contributed by atoms with E-state index in [1.807, 2.05) is 30.3 Å². The van der Waals surface area contributed by atoms with Crippen LogP contribution in [0.1, 0.15) is 22.9 Å². The van der Waals surface area contributed by atoms with Crippen LogP contribution < -0.4 is 5.32 Å². The molecule has 2 aromatic heterocycles. The number of hydrogen-bond acceptors (Lipinski definition) is 7. The van der Waals surface area contributed by atoms with E-state index in [0.717, 1.165) is 30.8 Å². The van der Waals surface area contributed by atoms with Crippen LogP contribution in [0.15, 0.2) is 34.7 Å². The maximum absolute atomic E-state index is 12.2. The van der Waals surface area contributed by atoms with Crippen LogP contribution in [-0.2, 0) is 24.2 Å². The van der Waals surface area contributed by atoms with Gasteiger partial charge in [-0.25, -0.2) is 4.98 Å². The first-order chi connectivity index (χ1) is 12.7. The Kier molecular flexibility index (Phi) is 4.77. The molecule has 0 spiro atoms. The Hall–Kier alpha value is -2.58. The third-order valence-corrected chi connectivity index (χ3v) is 5.22. The molecule has 0 fully saturated rings. The normalized spacial score (nSPS) is 14.2. The van der Waals surface area contributed by atoms with Crippen molar-refractivity contribution in [2.45, 2.75) is 25.8 Å². The molecule has 1 aromatic carbocycles. The number of benzene rings is 1. The summed E-state index contributed by atoms with van der Waals surface area (Å²) in [6.07, 6.45) is 1.61. The van der Waals surface area contributed by atoms with Gasteiger partial charge in [-0.15, -0.1) is 21.5 Å². The summed E-state index contributed by atoms with van der Waals surface area (Å²) in [7, 11) is 2.09. The minimum absolute atomic E-state index is 0.0936. The molecule has 3 heterocycles. The summed E-state index contributed by atoms with van der Waals surface area (Å²) < 4.78 is 5.63. The Morgan fingerprint density at radius 1 is 1.31 bits per heavy atom. The lowest BCUT2D eigenvalue weighted by Crippen LogP contribution is -2.25. The molecule has 0 aliphatic carbocycles. The Balaban J connectivity index is 1.33. The number of anilines is 1. The second-order valence-electron chi connectivity index (χ2n) is 6.29. The zero-order chi connectivity index (χ0) is 17.9. The highest BCUT2D eigenvalue weighted by molar-refractivity contribution is 7.15. The molecule has 0 saturated heterocycles. The van der Waals surface area contributed by atoms with E-state index in [4.69, 9.17) is 4.42 Å². The molecule has 1 N–H and O–H groups in total. The molecule has 0 saturated carbocycles. The fourth-order valence-corrected chi connectivity index (χ4v) is 3.94. The topological polar surface area (TPSA) is 84.2 Å². The largest absolute Gasteiger partial charge is 0.421 e. The zero-order valence-corrected chi connectivity index (χ0v) is 15.3. The van der Waals surface area contributed by atoms with E-state index < -0.39 is 0 Å². The fourth-order valence-electron chi connectivity index (χ4n) is 2.83. The van der Waals surface area contributed by atoms with Gasteiger partial charge in [-0.3, -0.25) is 4.79 Å². The van der Waals surface area contributed by atoms with Gasteiger partial charge in [-0.05, 0) is 19.2 Å². The Labute approximate surface area is 155 Å². The van der Waals surface area contributed by atoms with Crippen molar-refractivity contribution >= 4 is 22.4 Å². The Morgan fingerprint density at radius 2 is 2.15 bits per heavy atom. The number of nitrogens with zero attached hydrogens (tertiary/aromatic N) is 4. The number of amides is 1. The highest BCUT2D eigenvalue weighted by atomic mass is 32.1. The van der Waals surface area contributed by atoms with Crippen LogP contribution in [-0.4, -0.2) is 39.6 Å². The lowest BCUT2D eigenvalue weighted by Gasteiger charge is -2.20. The SMILES string of the molecule is CN1CCc2nc(NC(=O)CCc3nnc(-c4ccccc4)o3)sc2C1. The zero-order valence-electron chi connectivity index (χ0n) is 14.4. The first-order valence-corrected chi connectivity index (χ1v) is 9.34. The minimum Gasteiger partial charge on any atom is -0.421 e. The van der Waals surface area contributed by atoms with Gasteiger partial charge in [0.05, 0.1) is 5.69 Å². The molecule has 0 unspecified atom stereocenters. The van der Waals surface area contributed by atoms with E-state index in [1.165, 1.54) is 4.88 Å². The third-order valence-electron chi connectivity index (χ3n) is 4.22. The van der Waals surface area contributed by atoms with Gasteiger partial charge >= 0.3 is 0 Å². The molecule has 0 bridgehead atoms. The van der Waals surface area contributed by atoms with Crippen LogP contribution in [0.2, 0.25) is 0 Å². The van der Waals surface area contributed by atoms with Crippen LogP contribution in [0.3, 0.4) is 0 Å². The van der Waals surface area contributed by atoms with Gasteiger partial charge < -0.3 is 14.6 Å². The predicted octanol–water partition coefficient (Wildman–Crippen LogP) is 2.75. The lowest BCUT2D eigenvalue weighted by molar-refractivity contribution is -0.116. The summed E-state index contributed by atoms with van der Waals surface area (Å²) >= 11 is 1.55. The average molecular weight is 369 g/mol. The number of likely N-dealkylation sites (N-methyl/N-ethyl adjacent to an activating group) is 1. The summed E-state index contributed by atoms with van der Waals surface area (Å²) in [4.78, 5) is 20.2. The van der Waals surface area contributed by atoms with E-state index in [1.54, 1.807) is 11.3 Å². The second kappa shape index (κ2) is 7.35. The number of carbonyl (C=O) groups is 1. The number of fused-ring (bicyclic) bond motifs is 1. The molecule has 0 atom stereocenters. The highest BCUT2D eigenvalue weighted by Crippen LogP contribution is 2.27. The molecular weight excluding hydrogens is 350 g/mol. The van der Waals surface area contributed by atoms with Gasteiger partial charge in [0.25, 0.3) is 0 Å². The molecule has 4 rings (SSSR count). The standard InChI is InChI=1S/C18H19N5O2S/c1-23-10-9-13-14(11-23)26-18(19-13)20-15(24)7-8-16-21-22-17(25-16)12-5-3-2-4-6-12/h2-6H,7-11H2,1H3,(H,19,20,24). The highest BCUT2D eigenvalue weighted by Gasteiger charge is 2.19. The number of thiazole rings is 1. The molecular formula is C18H19N5O2S. The number of aromatic nitrogens is 3. The van der Waals surface area contributed by atoms with Gasteiger partial charge in [-0.2, -0.15) is 0 Å². The molecule has 26 heavy (non-hydrogen) atoms. The van der Waals surface area contributed by atoms with Crippen molar-refractivity contribution in [3.63, 3.8) is 0 Å². The van der Waals surface area contributed by atoms with Crippen LogP contribution >= 0.6 is 11.3 Å². The molecule has 7 nitrogen and oxygen atoms in total. The molecule has 134 valence electrons. The average Bonchev–Trinajstić information content (AvgIpc) is 3.27. The van der Waals surface area contributed by atoms with Crippen molar-refractivity contribution in [1.82, 2.24) is 20.1 Å². The smallest absolute Gasteiger partial charge is 0.247 e. The van der Waals surface area contributed by atoms with Crippen molar-refractivity contribution in [3.05, 3.63) is 46.8 Å². The van der Waals surface area contributed by atoms with Crippen LogP contribution in [0.25, 0.3) is 11.5 Å². The quantitative estimate of drug-likeness (QED) is 0.744. The lowest BCUT2D eigenvalue weighted by atomic mass is 10.2. The number of rotatable bonds is 5. The molecule has 1 aliphatic heterocycles. The van der Waals surface area contributed by atoms with Gasteiger partial charge in [0, 0.05) is 42.8 Å². The monoisotopic (exact) mass is 369 g/mol. The van der Waals surface area contributed by atoms with E-state index >= 15 is 0 Å². The van der Waals surface area contributed by atoms with Gasteiger partial charge in [-0.1, -0.05) is 18.2 Å². The first-order valence-electron chi connectivity index (χ1n) is 8.52. The Bertz CT molecular complexity index is 905. The van der Waals surface area contributed by atoms with Crippen LogP contribution in [0, 0.1) is 0 Å². The second-order valence-corrected chi connectivity index (χ2v) is 7.38. The van der Waals surface area contributed by atoms with Gasteiger partial charge in [0.15, 0.2) is 5.13 Å². The van der Waals surface area contributed by atoms with Crippen molar-refractivity contribution in [3.8, 4) is 11.5 Å². The van der Waals surface area contributed by atoms with E-state index in [9.17, 15) is 4.79 Å². The molecule has 1 aliphatic rings. The van der Waals surface area contributed by atoms with E-state index in [0.29, 0.717) is 23.3 Å². The van der Waals surface area contributed by atoms with Crippen molar-refractivity contribution in [2.24, 2.45) is 0 Å². The fraction of sp³-hybridized carbons (Fsp3) is 0.333. The summed E-state index contributed by atoms with van der Waals surface area (Å²) in [5, 5.41) is 11.6. The van der Waals surface area contributed by atoms with Gasteiger partial charge in [0.2, 0.25) is 17.7 Å². The van der Waals surface area contributed by atoms with Crippen LogP contribution in [0.5, 0.6) is 0 Å². The van der Waals surface area contributed by atoms with Crippen molar-refractivity contribution in [1.29, 1.82) is 0 Å². The number of hydrogen-bond donors (Lipinski definition) is 1. The van der Waals surface area contributed by atoms with Crippen molar-refractivity contribution in [2.75, 3.05) is 18.9 Å². The third kappa shape index (κ3) is 3.81. The first kappa shape index (κ1) is 16.9. The number of carbonyl (C=O) groups excluding carboxylic acids is 1. The minimum atomic E-state index is -0.0936. The molecule has 3 aromatic rings. The van der Waals surface area contributed by atoms with E-state index in [-0.39, 0.29) is 12.3 Å². The summed E-state index contributed by atoms with van der Waals surface area (Å²) in [6.45, 7) is 1.90. The molecule has 0 radical (unpaired) electrons. The van der Waals surface area contributed by atoms with Crippen LogP contribution in [0.4, 0.5) is 5.13 Å². The number of nitrogens with one attached hydrogen (secondary N) is 1. The van der Waals surface area contributed by atoms with Gasteiger partial charge in [0.1, 0.15) is 0 Å². The van der Waals surface area contributed by atoms with Crippen molar-refractivity contribution < 1.29 is 9.21 Å². The maximum Gasteiger partial charge on any atom is 0.247 e. The Morgan fingerprint density at radius 3 is 3.00 bits per heavy atom. The summed E-state index contributed by atoms with van der Waals surface area (Å²) in [6, 6.07) is 9.58.